The molecule has 2 N–H and O–H groups in total. The maximum atomic E-state index is 9.41. The molecule has 0 fully saturated rings. The molecule has 0 saturated carbocycles. The molecule has 18 heavy (non-hydrogen) atoms. The van der Waals surface area contributed by atoms with Crippen molar-refractivity contribution in [3.05, 3.63) is 23.3 Å². The van der Waals surface area contributed by atoms with E-state index < -0.39 is 7.12 Å². The minimum absolute atomic E-state index is 0.0793. The zero-order valence-corrected chi connectivity index (χ0v) is 12.4. The Labute approximate surface area is 115 Å². The second kappa shape index (κ2) is 4.29. The first-order valence-electron chi connectivity index (χ1n) is 6.39. The SMILES string of the molecule is CC1(C)CCC(C)(C)c2cc(B(O)O)c(S)cc21. The van der Waals surface area contributed by atoms with Gasteiger partial charge in [-0.1, -0.05) is 33.8 Å². The van der Waals surface area contributed by atoms with E-state index in [1.165, 1.54) is 11.1 Å². The molecule has 2 nitrogen and oxygen atoms in total. The Morgan fingerprint density at radius 1 is 1.00 bits per heavy atom. The molecule has 0 heterocycles. The first kappa shape index (κ1) is 14.0. The molecule has 0 spiro atoms. The van der Waals surface area contributed by atoms with Crippen LogP contribution in [0.4, 0.5) is 0 Å². The molecular weight excluding hydrogens is 243 g/mol. The molecule has 0 aliphatic heterocycles. The van der Waals surface area contributed by atoms with Crippen LogP contribution in [0.25, 0.3) is 0 Å². The summed E-state index contributed by atoms with van der Waals surface area (Å²) in [5, 5.41) is 18.8. The maximum Gasteiger partial charge on any atom is 0.489 e. The average molecular weight is 264 g/mol. The molecular formula is C14H21BO2S. The molecule has 1 aliphatic carbocycles. The van der Waals surface area contributed by atoms with Crippen LogP contribution in [0, 0.1) is 0 Å². The Bertz CT molecular complexity index is 481. The van der Waals surface area contributed by atoms with Crippen LogP contribution in [0.2, 0.25) is 0 Å². The minimum Gasteiger partial charge on any atom is -0.423 e. The molecule has 1 aliphatic rings. The van der Waals surface area contributed by atoms with Gasteiger partial charge in [0.05, 0.1) is 0 Å². The van der Waals surface area contributed by atoms with Crippen LogP contribution in [-0.4, -0.2) is 17.2 Å². The summed E-state index contributed by atoms with van der Waals surface area (Å²) in [7, 11) is -1.45. The predicted octanol–water partition coefficient (Wildman–Crippen LogP) is 2.00. The highest BCUT2D eigenvalue weighted by atomic mass is 32.1. The van der Waals surface area contributed by atoms with E-state index in [1.54, 1.807) is 0 Å². The van der Waals surface area contributed by atoms with Crippen molar-refractivity contribution in [1.82, 2.24) is 0 Å². The summed E-state index contributed by atoms with van der Waals surface area (Å²) in [5.41, 5.74) is 3.22. The number of thiol groups is 1. The van der Waals surface area contributed by atoms with E-state index in [0.717, 1.165) is 12.8 Å². The summed E-state index contributed by atoms with van der Waals surface area (Å²) >= 11 is 4.39. The van der Waals surface area contributed by atoms with E-state index in [0.29, 0.717) is 10.4 Å². The Morgan fingerprint density at radius 2 is 1.44 bits per heavy atom. The van der Waals surface area contributed by atoms with Crippen LogP contribution in [-0.2, 0) is 10.8 Å². The van der Waals surface area contributed by atoms with Gasteiger partial charge in [-0.3, -0.25) is 0 Å². The fraction of sp³-hybridized carbons (Fsp3) is 0.571. The molecule has 0 amide bonds. The number of hydrogen-bond donors (Lipinski definition) is 3. The standard InChI is InChI=1S/C14H21BO2S/c1-13(2)5-6-14(3,4)10-8-12(18)11(15(16)17)7-9(10)13/h7-8,16-18H,5-6H2,1-4H3. The lowest BCUT2D eigenvalue weighted by molar-refractivity contribution is 0.331. The summed E-state index contributed by atoms with van der Waals surface area (Å²) in [4.78, 5) is 0.662. The van der Waals surface area contributed by atoms with Crippen molar-refractivity contribution in [2.24, 2.45) is 0 Å². The fourth-order valence-electron chi connectivity index (χ4n) is 2.83. The number of rotatable bonds is 1. The van der Waals surface area contributed by atoms with Crippen molar-refractivity contribution < 1.29 is 10.0 Å². The van der Waals surface area contributed by atoms with Gasteiger partial charge in [-0.05, 0) is 46.3 Å². The zero-order valence-electron chi connectivity index (χ0n) is 11.5. The monoisotopic (exact) mass is 264 g/mol. The van der Waals surface area contributed by atoms with E-state index >= 15 is 0 Å². The summed E-state index contributed by atoms with van der Waals surface area (Å²) in [6.07, 6.45) is 2.25. The van der Waals surface area contributed by atoms with Crippen molar-refractivity contribution in [1.29, 1.82) is 0 Å². The number of benzene rings is 1. The Kier molecular flexibility index (Phi) is 3.33. The van der Waals surface area contributed by atoms with Crippen LogP contribution in [0.1, 0.15) is 51.7 Å². The second-order valence-electron chi connectivity index (χ2n) is 6.60. The van der Waals surface area contributed by atoms with Crippen molar-refractivity contribution >= 4 is 25.2 Å². The van der Waals surface area contributed by atoms with E-state index in [4.69, 9.17) is 0 Å². The van der Waals surface area contributed by atoms with Crippen LogP contribution >= 0.6 is 12.6 Å². The quantitative estimate of drug-likeness (QED) is 0.536. The van der Waals surface area contributed by atoms with E-state index in [2.05, 4.69) is 40.3 Å². The van der Waals surface area contributed by atoms with Gasteiger partial charge in [-0.25, -0.2) is 0 Å². The van der Waals surface area contributed by atoms with Gasteiger partial charge in [0.1, 0.15) is 0 Å². The highest BCUT2D eigenvalue weighted by Crippen LogP contribution is 2.45. The van der Waals surface area contributed by atoms with E-state index in [9.17, 15) is 10.0 Å². The summed E-state index contributed by atoms with van der Waals surface area (Å²) in [6, 6.07) is 3.93. The largest absolute Gasteiger partial charge is 0.489 e. The highest BCUT2D eigenvalue weighted by Gasteiger charge is 2.38. The van der Waals surface area contributed by atoms with Gasteiger partial charge in [-0.15, -0.1) is 12.6 Å². The zero-order chi connectivity index (χ0) is 13.7. The van der Waals surface area contributed by atoms with Crippen LogP contribution in [0.5, 0.6) is 0 Å². The fourth-order valence-corrected chi connectivity index (χ4v) is 3.14. The van der Waals surface area contributed by atoms with Gasteiger partial charge in [-0.2, -0.15) is 0 Å². The maximum absolute atomic E-state index is 9.41. The van der Waals surface area contributed by atoms with Gasteiger partial charge < -0.3 is 10.0 Å². The van der Waals surface area contributed by atoms with Gasteiger partial charge >= 0.3 is 7.12 Å². The predicted molar refractivity (Wildman–Crippen MR) is 78.8 cm³/mol. The molecule has 1 aromatic carbocycles. The topological polar surface area (TPSA) is 40.5 Å². The van der Waals surface area contributed by atoms with Gasteiger partial charge in [0.15, 0.2) is 0 Å². The van der Waals surface area contributed by atoms with Gasteiger partial charge in [0, 0.05) is 4.90 Å². The molecule has 4 heteroatoms. The van der Waals surface area contributed by atoms with Crippen molar-refractivity contribution in [2.75, 3.05) is 0 Å². The summed E-state index contributed by atoms with van der Waals surface area (Å²) in [6.45, 7) is 8.91. The molecule has 0 radical (unpaired) electrons. The lowest BCUT2D eigenvalue weighted by Gasteiger charge is -2.42. The second-order valence-corrected chi connectivity index (χ2v) is 7.08. The molecule has 0 saturated heterocycles. The third-order valence-electron chi connectivity index (χ3n) is 4.28. The molecule has 0 unspecified atom stereocenters. The van der Waals surface area contributed by atoms with Crippen molar-refractivity contribution in [2.45, 2.75) is 56.3 Å². The van der Waals surface area contributed by atoms with Crippen molar-refractivity contribution in [3.8, 4) is 0 Å². The smallest absolute Gasteiger partial charge is 0.423 e. The molecule has 1 aromatic rings. The van der Waals surface area contributed by atoms with E-state index in [-0.39, 0.29) is 10.8 Å². The molecule has 0 aromatic heterocycles. The third-order valence-corrected chi connectivity index (χ3v) is 4.67. The first-order valence-corrected chi connectivity index (χ1v) is 6.84. The highest BCUT2D eigenvalue weighted by molar-refractivity contribution is 7.80. The van der Waals surface area contributed by atoms with Crippen LogP contribution in [0.3, 0.4) is 0 Å². The first-order chi connectivity index (χ1) is 8.15. The number of fused-ring (bicyclic) bond motifs is 1. The molecule has 0 atom stereocenters. The van der Waals surface area contributed by atoms with E-state index in [1.807, 2.05) is 12.1 Å². The van der Waals surface area contributed by atoms with Crippen molar-refractivity contribution in [3.63, 3.8) is 0 Å². The Hall–Kier alpha value is -0.445. The minimum atomic E-state index is -1.45. The lowest BCUT2D eigenvalue weighted by atomic mass is 9.61. The van der Waals surface area contributed by atoms with Gasteiger partial charge in [0.2, 0.25) is 0 Å². The Morgan fingerprint density at radius 3 is 1.89 bits per heavy atom. The van der Waals surface area contributed by atoms with Crippen LogP contribution < -0.4 is 5.46 Å². The summed E-state index contributed by atoms with van der Waals surface area (Å²) < 4.78 is 0. The third kappa shape index (κ3) is 2.22. The molecule has 2 rings (SSSR count). The van der Waals surface area contributed by atoms with Gasteiger partial charge in [0.25, 0.3) is 0 Å². The van der Waals surface area contributed by atoms with Crippen LogP contribution in [0.15, 0.2) is 17.0 Å². The molecule has 98 valence electrons. The lowest BCUT2D eigenvalue weighted by Crippen LogP contribution is -2.38. The number of hydrogen-bond acceptors (Lipinski definition) is 3. The normalized spacial score (nSPS) is 20.4. The molecule has 0 bridgehead atoms. The summed E-state index contributed by atoms with van der Waals surface area (Å²) in [5.74, 6) is 0. The average Bonchev–Trinajstić information content (AvgIpc) is 2.24. The Balaban J connectivity index is 2.69.